The lowest BCUT2D eigenvalue weighted by Crippen LogP contribution is -2.49. The first kappa shape index (κ1) is 29.2. The highest BCUT2D eigenvalue weighted by Gasteiger charge is 2.54. The minimum atomic E-state index is -3.88. The van der Waals surface area contributed by atoms with E-state index in [9.17, 15) is 19.6 Å². The maximum Gasteiger partial charge on any atom is 0.342 e. The first-order valence-electron chi connectivity index (χ1n) is 11.7. The van der Waals surface area contributed by atoms with Gasteiger partial charge in [0.15, 0.2) is 17.4 Å². The summed E-state index contributed by atoms with van der Waals surface area (Å²) in [7, 11) is -2.47. The number of nitrogen functional groups attached to an aromatic ring is 1. The molecule has 2 aromatic heterocycles. The molecule has 2 aromatic rings. The van der Waals surface area contributed by atoms with Gasteiger partial charge >= 0.3 is 13.6 Å². The number of carbonyl (C=O) groups excluding carboxylic acids is 1. The Morgan fingerprint density at radius 3 is 2.68 bits per heavy atom. The number of nitrogens with two attached hydrogens (primary N) is 1. The number of imidazole rings is 1. The molecule has 3 rings (SSSR count). The minimum Gasteiger partial charge on any atom is -0.479 e. The molecule has 1 aliphatic heterocycles. The average Bonchev–Trinajstić information content (AvgIpc) is 3.29. The number of nitrogens with one attached hydrogen (secondary N) is 2. The summed E-state index contributed by atoms with van der Waals surface area (Å²) >= 11 is 0. The summed E-state index contributed by atoms with van der Waals surface area (Å²) in [4.78, 5) is 24.7. The largest absolute Gasteiger partial charge is 0.479 e. The number of hydrogen-bond acceptors (Lipinski definition) is 12. The third-order valence-electron chi connectivity index (χ3n) is 5.67. The number of hydrogen-bond donors (Lipinski definition) is 5. The van der Waals surface area contributed by atoms with E-state index >= 15 is 0 Å². The summed E-state index contributed by atoms with van der Waals surface area (Å²) in [5.74, 6) is -0.566. The summed E-state index contributed by atoms with van der Waals surface area (Å²) in [5.41, 5.74) is 3.09. The average molecular weight is 546 g/mol. The number of rotatable bonds is 11. The van der Waals surface area contributed by atoms with Crippen molar-refractivity contribution in [1.29, 1.82) is 0 Å². The number of nitrogens with zero attached hydrogens (tertiary/aromatic N) is 4. The Balaban J connectivity index is 1.84. The van der Waals surface area contributed by atoms with Crippen LogP contribution in [-0.4, -0.2) is 85.4 Å². The van der Waals surface area contributed by atoms with E-state index in [1.165, 1.54) is 38.8 Å². The van der Waals surface area contributed by atoms with Gasteiger partial charge < -0.3 is 34.7 Å². The zero-order valence-electron chi connectivity index (χ0n) is 22.0. The molecule has 16 heteroatoms. The molecule has 1 fully saturated rings. The van der Waals surface area contributed by atoms with Crippen LogP contribution in [0.15, 0.2) is 6.33 Å². The second kappa shape index (κ2) is 10.8. The predicted molar refractivity (Wildman–Crippen MR) is 133 cm³/mol. The van der Waals surface area contributed by atoms with E-state index in [-0.39, 0.29) is 35.6 Å². The summed E-state index contributed by atoms with van der Waals surface area (Å²) in [6.45, 7) is 9.32. The number of aliphatic hydroxyl groups is 2. The monoisotopic (exact) mass is 545 g/mol. The van der Waals surface area contributed by atoms with Crippen LogP contribution in [-0.2, 0) is 23.4 Å². The van der Waals surface area contributed by atoms with Gasteiger partial charge in [-0.1, -0.05) is 0 Å². The van der Waals surface area contributed by atoms with Gasteiger partial charge in [-0.2, -0.15) is 9.97 Å². The van der Waals surface area contributed by atoms with E-state index in [4.69, 9.17) is 24.5 Å². The topological polar surface area (TPSA) is 205 Å². The van der Waals surface area contributed by atoms with Gasteiger partial charge in [0.05, 0.1) is 26.7 Å². The lowest BCUT2D eigenvalue weighted by molar-refractivity contribution is -0.149. The van der Waals surface area contributed by atoms with Crippen molar-refractivity contribution in [3.05, 3.63) is 6.33 Å². The number of carbonyl (C=O) groups is 1. The first-order chi connectivity index (χ1) is 17.1. The standard InChI is InChI=1S/C21H36N7O8P/c1-8-34-18(30)20(4,5)27-37(32,26-11(2)3)35-9-12-14(29)21(6,31)17(36-12)28-10-23-13-15(28)24-19(22)25-16(13)33-7/h10-12,14,17,29,31H,8-9H2,1-7H3,(H2,22,24,25)(H2,26,27,32)/t12-,14?,17-,21?,37?/m1/s1. The minimum absolute atomic E-state index is 0.0832. The van der Waals surface area contributed by atoms with Gasteiger partial charge in [0.25, 0.3) is 0 Å². The van der Waals surface area contributed by atoms with Crippen LogP contribution in [0, 0.1) is 0 Å². The number of methoxy groups -OCH3 is 1. The van der Waals surface area contributed by atoms with Crippen LogP contribution < -0.4 is 20.6 Å². The Morgan fingerprint density at radius 1 is 1.41 bits per heavy atom. The molecule has 3 heterocycles. The molecule has 0 aliphatic carbocycles. The number of ether oxygens (including phenoxy) is 3. The Kier molecular flexibility index (Phi) is 8.49. The molecule has 0 aromatic carbocycles. The SMILES string of the molecule is CCOC(=O)C(C)(C)NP(=O)(NC(C)C)OC[C@H]1O[C@@H](n2cnc3c(OC)nc(N)nc32)C(C)(O)C1O. The van der Waals surface area contributed by atoms with Gasteiger partial charge in [0.1, 0.15) is 23.3 Å². The van der Waals surface area contributed by atoms with Crippen LogP contribution in [0.25, 0.3) is 11.2 Å². The zero-order chi connectivity index (χ0) is 27.8. The Morgan fingerprint density at radius 2 is 2.08 bits per heavy atom. The van der Waals surface area contributed by atoms with Crippen molar-refractivity contribution in [2.24, 2.45) is 0 Å². The van der Waals surface area contributed by atoms with Crippen LogP contribution in [0.5, 0.6) is 5.88 Å². The van der Waals surface area contributed by atoms with E-state index in [1.54, 1.807) is 20.8 Å². The molecule has 5 atom stereocenters. The lowest BCUT2D eigenvalue weighted by Gasteiger charge is -2.31. The number of aliphatic hydroxyl groups excluding tert-OH is 1. The molecular weight excluding hydrogens is 509 g/mol. The quantitative estimate of drug-likeness (QED) is 0.192. The second-order valence-electron chi connectivity index (χ2n) is 9.70. The van der Waals surface area contributed by atoms with Gasteiger partial charge in [0.2, 0.25) is 11.8 Å². The molecule has 15 nitrogen and oxygen atoms in total. The third-order valence-corrected chi connectivity index (χ3v) is 7.89. The highest BCUT2D eigenvalue weighted by molar-refractivity contribution is 7.54. The fourth-order valence-corrected chi connectivity index (χ4v) is 6.01. The van der Waals surface area contributed by atoms with E-state index in [0.29, 0.717) is 0 Å². The summed E-state index contributed by atoms with van der Waals surface area (Å²) in [6, 6.07) is -0.293. The van der Waals surface area contributed by atoms with Gasteiger partial charge in [0, 0.05) is 6.04 Å². The fraction of sp³-hybridized carbons (Fsp3) is 0.714. The Hall–Kier alpha value is -2.39. The van der Waals surface area contributed by atoms with E-state index in [0.717, 1.165) is 0 Å². The molecule has 37 heavy (non-hydrogen) atoms. The lowest BCUT2D eigenvalue weighted by atomic mass is 9.96. The van der Waals surface area contributed by atoms with Crippen molar-refractivity contribution < 1.29 is 38.3 Å². The summed E-state index contributed by atoms with van der Waals surface area (Å²) in [5, 5.41) is 27.6. The van der Waals surface area contributed by atoms with Crippen molar-refractivity contribution in [3.63, 3.8) is 0 Å². The normalized spacial score (nSPS) is 25.9. The van der Waals surface area contributed by atoms with Crippen LogP contribution in [0.2, 0.25) is 0 Å². The molecule has 6 N–H and O–H groups in total. The first-order valence-corrected chi connectivity index (χ1v) is 13.4. The van der Waals surface area contributed by atoms with E-state index in [1.807, 2.05) is 0 Å². The number of anilines is 1. The Bertz CT molecular complexity index is 1170. The molecular formula is C21H36N7O8P. The predicted octanol–water partition coefficient (Wildman–Crippen LogP) is 0.480. The highest BCUT2D eigenvalue weighted by atomic mass is 31.2. The molecule has 1 aliphatic rings. The molecule has 0 radical (unpaired) electrons. The molecule has 0 amide bonds. The molecule has 0 bridgehead atoms. The van der Waals surface area contributed by atoms with Crippen LogP contribution in [0.4, 0.5) is 5.95 Å². The smallest absolute Gasteiger partial charge is 0.342 e. The van der Waals surface area contributed by atoms with Crippen LogP contribution in [0.3, 0.4) is 0 Å². The van der Waals surface area contributed by atoms with Crippen molar-refractivity contribution in [3.8, 4) is 5.88 Å². The van der Waals surface area contributed by atoms with Crippen molar-refractivity contribution in [2.75, 3.05) is 26.1 Å². The summed E-state index contributed by atoms with van der Waals surface area (Å²) in [6.07, 6.45) is -2.39. The van der Waals surface area contributed by atoms with Crippen molar-refractivity contribution >= 4 is 30.8 Å². The molecule has 3 unspecified atom stereocenters. The van der Waals surface area contributed by atoms with Crippen molar-refractivity contribution in [1.82, 2.24) is 29.7 Å². The molecule has 0 saturated carbocycles. The third kappa shape index (κ3) is 6.03. The van der Waals surface area contributed by atoms with Gasteiger partial charge in [-0.05, 0) is 41.5 Å². The maximum atomic E-state index is 13.7. The molecule has 208 valence electrons. The molecule has 1 saturated heterocycles. The fourth-order valence-electron chi connectivity index (χ4n) is 3.94. The Labute approximate surface area is 214 Å². The number of esters is 1. The van der Waals surface area contributed by atoms with E-state index < -0.39 is 49.8 Å². The molecule has 0 spiro atoms. The van der Waals surface area contributed by atoms with Crippen LogP contribution in [0.1, 0.15) is 47.8 Å². The highest BCUT2D eigenvalue weighted by Crippen LogP contribution is 2.45. The van der Waals surface area contributed by atoms with Gasteiger partial charge in [-0.15, -0.1) is 0 Å². The summed E-state index contributed by atoms with van der Waals surface area (Å²) < 4.78 is 37.0. The van der Waals surface area contributed by atoms with E-state index in [2.05, 4.69) is 25.1 Å². The van der Waals surface area contributed by atoms with Gasteiger partial charge in [-0.25, -0.2) is 15.2 Å². The van der Waals surface area contributed by atoms with Crippen LogP contribution >= 0.6 is 7.67 Å². The van der Waals surface area contributed by atoms with Crippen molar-refractivity contribution in [2.45, 2.75) is 77.2 Å². The number of fused-ring (bicyclic) bond motifs is 1. The maximum absolute atomic E-state index is 13.7. The zero-order valence-corrected chi connectivity index (χ0v) is 22.9. The second-order valence-corrected chi connectivity index (χ2v) is 11.5. The van der Waals surface area contributed by atoms with Gasteiger partial charge in [-0.3, -0.25) is 13.9 Å². The number of aromatic nitrogens is 4.